The van der Waals surface area contributed by atoms with Gasteiger partial charge in [-0.15, -0.1) is 0 Å². The van der Waals surface area contributed by atoms with Gasteiger partial charge in [0.05, 0.1) is 0 Å². The van der Waals surface area contributed by atoms with Crippen LogP contribution >= 0.6 is 0 Å². The van der Waals surface area contributed by atoms with Crippen LogP contribution in [-0.2, 0) is 6.42 Å². The Balaban J connectivity index is 2.31. The molecule has 0 spiro atoms. The summed E-state index contributed by atoms with van der Waals surface area (Å²) >= 11 is 0. The van der Waals surface area contributed by atoms with Gasteiger partial charge in [0.2, 0.25) is 0 Å². The minimum absolute atomic E-state index is 0.126. The van der Waals surface area contributed by atoms with E-state index in [9.17, 15) is 8.78 Å². The first-order valence-corrected chi connectivity index (χ1v) is 7.20. The summed E-state index contributed by atoms with van der Waals surface area (Å²) in [6, 6.07) is 5.77. The Morgan fingerprint density at radius 1 is 1.19 bits per heavy atom. The van der Waals surface area contributed by atoms with E-state index in [2.05, 4.69) is 17.2 Å². The molecular weight excluding hydrogens is 270 g/mol. The van der Waals surface area contributed by atoms with E-state index in [1.54, 1.807) is 12.4 Å². The van der Waals surface area contributed by atoms with E-state index in [1.807, 2.05) is 13.0 Å². The van der Waals surface area contributed by atoms with E-state index in [1.165, 1.54) is 18.2 Å². The molecule has 1 aromatic heterocycles. The molecule has 0 amide bonds. The molecule has 1 N–H and O–H groups in total. The third-order valence-electron chi connectivity index (χ3n) is 3.55. The van der Waals surface area contributed by atoms with E-state index in [0.29, 0.717) is 0 Å². The molecule has 21 heavy (non-hydrogen) atoms. The van der Waals surface area contributed by atoms with E-state index in [0.717, 1.165) is 24.1 Å². The van der Waals surface area contributed by atoms with E-state index >= 15 is 0 Å². The van der Waals surface area contributed by atoms with Crippen molar-refractivity contribution >= 4 is 0 Å². The molecule has 0 aliphatic heterocycles. The van der Waals surface area contributed by atoms with Gasteiger partial charge in [-0.25, -0.2) is 8.78 Å². The molecule has 112 valence electrons. The van der Waals surface area contributed by atoms with Crippen molar-refractivity contribution in [3.05, 3.63) is 65.0 Å². The molecule has 1 unspecified atom stereocenters. The summed E-state index contributed by atoms with van der Waals surface area (Å²) < 4.78 is 27.7. The van der Waals surface area contributed by atoms with Gasteiger partial charge in [0.1, 0.15) is 11.6 Å². The summed E-state index contributed by atoms with van der Waals surface area (Å²) in [4.78, 5) is 4.07. The van der Waals surface area contributed by atoms with Crippen LogP contribution in [0.4, 0.5) is 8.78 Å². The molecule has 0 aliphatic carbocycles. The molecule has 0 fully saturated rings. The van der Waals surface area contributed by atoms with Gasteiger partial charge in [-0.1, -0.05) is 13.0 Å². The predicted molar refractivity (Wildman–Crippen MR) is 80.1 cm³/mol. The van der Waals surface area contributed by atoms with Crippen LogP contribution in [0.25, 0.3) is 0 Å². The number of nitrogens with one attached hydrogen (secondary N) is 1. The summed E-state index contributed by atoms with van der Waals surface area (Å²) in [5.74, 6) is -0.991. The summed E-state index contributed by atoms with van der Waals surface area (Å²) in [5.41, 5.74) is 2.17. The molecule has 0 bridgehead atoms. The van der Waals surface area contributed by atoms with Gasteiger partial charge in [0.15, 0.2) is 0 Å². The molecule has 0 radical (unpaired) electrons. The maximum absolute atomic E-state index is 13.9. The van der Waals surface area contributed by atoms with Crippen LogP contribution in [0.5, 0.6) is 0 Å². The fraction of sp³-hybridized carbons (Fsp3) is 0.353. The number of hydrogen-bond donors (Lipinski definition) is 1. The van der Waals surface area contributed by atoms with Gasteiger partial charge in [0, 0.05) is 24.0 Å². The molecule has 2 rings (SSSR count). The second kappa shape index (κ2) is 7.27. The van der Waals surface area contributed by atoms with Gasteiger partial charge in [-0.2, -0.15) is 0 Å². The van der Waals surface area contributed by atoms with Gasteiger partial charge in [0.25, 0.3) is 0 Å². The van der Waals surface area contributed by atoms with Crippen LogP contribution in [0.3, 0.4) is 0 Å². The Labute approximate surface area is 124 Å². The van der Waals surface area contributed by atoms with Crippen LogP contribution in [0.15, 0.2) is 36.7 Å². The normalized spacial score (nSPS) is 12.4. The summed E-state index contributed by atoms with van der Waals surface area (Å²) in [7, 11) is 0. The van der Waals surface area contributed by atoms with Gasteiger partial charge in [-0.05, 0) is 55.6 Å². The molecule has 1 aromatic carbocycles. The Hall–Kier alpha value is -1.81. The molecule has 0 aliphatic rings. The number of benzene rings is 1. The van der Waals surface area contributed by atoms with Crippen LogP contribution in [0.1, 0.15) is 36.1 Å². The molecule has 0 saturated carbocycles. The fourth-order valence-corrected chi connectivity index (χ4v) is 2.42. The molecule has 0 saturated heterocycles. The standard InChI is InChI=1S/C17H20F2N2/c1-3-8-21-17(13-7-9-20-11-12(13)2)10-14-15(18)5-4-6-16(14)19/h4-7,9,11,17,21H,3,8,10H2,1-2H3. The van der Waals surface area contributed by atoms with E-state index in [4.69, 9.17) is 0 Å². The molecule has 4 heteroatoms. The number of rotatable bonds is 6. The Morgan fingerprint density at radius 3 is 2.52 bits per heavy atom. The van der Waals surface area contributed by atoms with Crippen molar-refractivity contribution in [1.29, 1.82) is 0 Å². The van der Waals surface area contributed by atoms with E-state index < -0.39 is 11.6 Å². The zero-order chi connectivity index (χ0) is 15.2. The number of pyridine rings is 1. The molecule has 1 heterocycles. The minimum atomic E-state index is -0.495. The third kappa shape index (κ3) is 3.85. The number of nitrogens with zero attached hydrogens (tertiary/aromatic N) is 1. The maximum atomic E-state index is 13.9. The second-order valence-electron chi connectivity index (χ2n) is 5.14. The molecule has 2 aromatic rings. The number of halogens is 2. The average Bonchev–Trinajstić information content (AvgIpc) is 2.47. The lowest BCUT2D eigenvalue weighted by molar-refractivity contribution is 0.488. The average molecular weight is 290 g/mol. The second-order valence-corrected chi connectivity index (χ2v) is 5.14. The van der Waals surface area contributed by atoms with E-state index in [-0.39, 0.29) is 18.0 Å². The highest BCUT2D eigenvalue weighted by molar-refractivity contribution is 5.29. The monoisotopic (exact) mass is 290 g/mol. The summed E-state index contributed by atoms with van der Waals surface area (Å²) in [6.45, 7) is 4.82. The highest BCUT2D eigenvalue weighted by Gasteiger charge is 2.18. The zero-order valence-corrected chi connectivity index (χ0v) is 12.4. The lowest BCUT2D eigenvalue weighted by Gasteiger charge is -2.21. The SMILES string of the molecule is CCCNC(Cc1c(F)cccc1F)c1ccncc1C. The maximum Gasteiger partial charge on any atom is 0.129 e. The van der Waals surface area contributed by atoms with Gasteiger partial charge >= 0.3 is 0 Å². The van der Waals surface area contributed by atoms with Crippen LogP contribution in [-0.4, -0.2) is 11.5 Å². The smallest absolute Gasteiger partial charge is 0.129 e. The van der Waals surface area contributed by atoms with Crippen LogP contribution < -0.4 is 5.32 Å². The van der Waals surface area contributed by atoms with Crippen molar-refractivity contribution in [3.8, 4) is 0 Å². The summed E-state index contributed by atoms with van der Waals surface area (Å²) in [6.07, 6.45) is 4.72. The highest BCUT2D eigenvalue weighted by Crippen LogP contribution is 2.24. The van der Waals surface area contributed by atoms with Crippen LogP contribution in [0.2, 0.25) is 0 Å². The fourth-order valence-electron chi connectivity index (χ4n) is 2.42. The Bertz CT molecular complexity index is 579. The third-order valence-corrected chi connectivity index (χ3v) is 3.55. The van der Waals surface area contributed by atoms with Crippen molar-refractivity contribution in [1.82, 2.24) is 10.3 Å². The van der Waals surface area contributed by atoms with Crippen molar-refractivity contribution in [2.75, 3.05) is 6.54 Å². The first-order valence-electron chi connectivity index (χ1n) is 7.20. The zero-order valence-electron chi connectivity index (χ0n) is 12.4. The molecular formula is C17H20F2N2. The molecule has 2 nitrogen and oxygen atoms in total. The number of aromatic nitrogens is 1. The number of hydrogen-bond acceptors (Lipinski definition) is 2. The Morgan fingerprint density at radius 2 is 1.90 bits per heavy atom. The largest absolute Gasteiger partial charge is 0.310 e. The van der Waals surface area contributed by atoms with Crippen LogP contribution in [0, 0.1) is 18.6 Å². The molecule has 1 atom stereocenters. The predicted octanol–water partition coefficient (Wildman–Crippen LogP) is 3.95. The van der Waals surface area contributed by atoms with Gasteiger partial charge in [-0.3, -0.25) is 4.98 Å². The van der Waals surface area contributed by atoms with Crippen molar-refractivity contribution < 1.29 is 8.78 Å². The van der Waals surface area contributed by atoms with Crippen molar-refractivity contribution in [3.63, 3.8) is 0 Å². The van der Waals surface area contributed by atoms with Gasteiger partial charge < -0.3 is 5.32 Å². The minimum Gasteiger partial charge on any atom is -0.310 e. The van der Waals surface area contributed by atoms with Crippen molar-refractivity contribution in [2.24, 2.45) is 0 Å². The first kappa shape index (κ1) is 15.6. The highest BCUT2D eigenvalue weighted by atomic mass is 19.1. The quantitative estimate of drug-likeness (QED) is 0.871. The first-order chi connectivity index (χ1) is 10.1. The Kier molecular flexibility index (Phi) is 5.39. The summed E-state index contributed by atoms with van der Waals surface area (Å²) in [5, 5.41) is 3.37. The topological polar surface area (TPSA) is 24.9 Å². The lowest BCUT2D eigenvalue weighted by Crippen LogP contribution is -2.25. The lowest BCUT2D eigenvalue weighted by atomic mass is 9.96. The van der Waals surface area contributed by atoms with Crippen molar-refractivity contribution in [2.45, 2.75) is 32.7 Å². The number of aryl methyl sites for hydroxylation is 1.